The quantitative estimate of drug-likeness (QED) is 0.205. The number of ether oxygens (including phenoxy) is 1. The second kappa shape index (κ2) is 11.8. The first kappa shape index (κ1) is 26.6. The molecule has 0 spiro atoms. The minimum absolute atomic E-state index is 0.000775. The number of rotatable bonds is 9. The van der Waals surface area contributed by atoms with Gasteiger partial charge in [-0.2, -0.15) is 14.4 Å². The Bertz CT molecular complexity index is 1540. The Morgan fingerprint density at radius 3 is 2.60 bits per heavy atom. The lowest BCUT2D eigenvalue weighted by Crippen LogP contribution is -2.55. The standard InChI is InChI=1S/C27H23ClFN7O4/c1-16-31-23(35-40-16)13-30-25(37)21-15-36(14-17-5-7-18(28)8-6-17)27(34-26(21)38)32-19-9-11-20(12-10-19)39-24-4-2-3-22(29)33-24/h2-12,15,27,32H,13-14H2,1H3,(H,30,37)(H,34,38). The molecule has 40 heavy (non-hydrogen) atoms. The van der Waals surface area contributed by atoms with Crippen molar-refractivity contribution in [2.45, 2.75) is 26.3 Å². The number of amides is 2. The van der Waals surface area contributed by atoms with Gasteiger partial charge in [0.15, 0.2) is 12.1 Å². The van der Waals surface area contributed by atoms with Gasteiger partial charge in [0.2, 0.25) is 17.7 Å². The normalized spacial score (nSPS) is 14.8. The molecule has 2 amide bonds. The van der Waals surface area contributed by atoms with Gasteiger partial charge in [0.05, 0.1) is 6.54 Å². The molecule has 0 radical (unpaired) electrons. The second-order valence-electron chi connectivity index (χ2n) is 8.70. The summed E-state index contributed by atoms with van der Waals surface area (Å²) in [6.07, 6.45) is 0.797. The van der Waals surface area contributed by atoms with Crippen LogP contribution in [0.1, 0.15) is 17.3 Å². The number of aryl methyl sites for hydroxylation is 1. The molecule has 1 unspecified atom stereocenters. The van der Waals surface area contributed by atoms with Crippen molar-refractivity contribution >= 4 is 29.1 Å². The van der Waals surface area contributed by atoms with E-state index in [1.165, 1.54) is 18.3 Å². The fraction of sp³-hybridized carbons (Fsp3) is 0.148. The molecule has 0 bridgehead atoms. The zero-order chi connectivity index (χ0) is 28.1. The van der Waals surface area contributed by atoms with Crippen LogP contribution in [0.2, 0.25) is 5.02 Å². The molecule has 0 aliphatic carbocycles. The maximum Gasteiger partial charge on any atom is 0.261 e. The summed E-state index contributed by atoms with van der Waals surface area (Å²) in [5.74, 6) is -0.566. The molecule has 3 heterocycles. The molecule has 1 aliphatic heterocycles. The molecule has 5 rings (SSSR count). The summed E-state index contributed by atoms with van der Waals surface area (Å²) < 4.78 is 23.9. The molecular weight excluding hydrogens is 541 g/mol. The minimum Gasteiger partial charge on any atom is -0.439 e. The molecule has 0 saturated heterocycles. The van der Waals surface area contributed by atoms with Crippen LogP contribution >= 0.6 is 11.6 Å². The number of carbonyl (C=O) groups is 2. The monoisotopic (exact) mass is 563 g/mol. The molecule has 2 aromatic carbocycles. The second-order valence-corrected chi connectivity index (χ2v) is 9.14. The number of hydrogen-bond acceptors (Lipinski definition) is 9. The smallest absolute Gasteiger partial charge is 0.261 e. The molecule has 13 heteroatoms. The molecule has 0 saturated carbocycles. The Hall–Kier alpha value is -4.97. The van der Waals surface area contributed by atoms with E-state index in [2.05, 4.69) is 31.1 Å². The van der Waals surface area contributed by atoms with Gasteiger partial charge in [-0.25, -0.2) is 0 Å². The van der Waals surface area contributed by atoms with E-state index in [4.69, 9.17) is 20.9 Å². The van der Waals surface area contributed by atoms with Crippen molar-refractivity contribution in [1.82, 2.24) is 30.7 Å². The van der Waals surface area contributed by atoms with Crippen molar-refractivity contribution in [3.8, 4) is 11.6 Å². The van der Waals surface area contributed by atoms with Crippen LogP contribution in [-0.2, 0) is 22.7 Å². The van der Waals surface area contributed by atoms with Gasteiger partial charge in [-0.15, -0.1) is 0 Å². The van der Waals surface area contributed by atoms with Crippen LogP contribution in [-0.4, -0.2) is 38.1 Å². The number of hydrogen-bond donors (Lipinski definition) is 3. The summed E-state index contributed by atoms with van der Waals surface area (Å²) in [4.78, 5) is 35.3. The Morgan fingerprint density at radius 1 is 1.12 bits per heavy atom. The SMILES string of the molecule is Cc1nc(CNC(=O)C2=CN(Cc3ccc(Cl)cc3)C(Nc3ccc(Oc4cccc(F)n4)cc3)NC2=O)no1. The Balaban J connectivity index is 1.32. The van der Waals surface area contributed by atoms with E-state index < -0.39 is 24.1 Å². The zero-order valence-corrected chi connectivity index (χ0v) is 21.9. The number of nitrogens with one attached hydrogen (secondary N) is 3. The third-order valence-electron chi connectivity index (χ3n) is 5.71. The average molecular weight is 564 g/mol. The highest BCUT2D eigenvalue weighted by molar-refractivity contribution is 6.30. The van der Waals surface area contributed by atoms with Gasteiger partial charge < -0.3 is 30.1 Å². The van der Waals surface area contributed by atoms with E-state index in [1.807, 2.05) is 12.1 Å². The Labute approximate surface area is 233 Å². The largest absolute Gasteiger partial charge is 0.439 e. The molecule has 11 nitrogen and oxygen atoms in total. The number of halogens is 2. The summed E-state index contributed by atoms with van der Waals surface area (Å²) in [5.41, 5.74) is 1.47. The third kappa shape index (κ3) is 6.72. The Kier molecular flexibility index (Phi) is 7.87. The first-order valence-corrected chi connectivity index (χ1v) is 12.5. The lowest BCUT2D eigenvalue weighted by atomic mass is 10.1. The van der Waals surface area contributed by atoms with Crippen molar-refractivity contribution in [3.63, 3.8) is 0 Å². The van der Waals surface area contributed by atoms with Gasteiger partial charge in [0.1, 0.15) is 11.3 Å². The topological polar surface area (TPSA) is 135 Å². The highest BCUT2D eigenvalue weighted by Gasteiger charge is 2.30. The van der Waals surface area contributed by atoms with Crippen molar-refractivity contribution in [3.05, 3.63) is 107 Å². The van der Waals surface area contributed by atoms with Crippen LogP contribution in [0.3, 0.4) is 0 Å². The number of carbonyl (C=O) groups excluding carboxylic acids is 2. The van der Waals surface area contributed by atoms with Gasteiger partial charge in [0, 0.05) is 36.4 Å². The van der Waals surface area contributed by atoms with Gasteiger partial charge >= 0.3 is 0 Å². The molecule has 3 N–H and O–H groups in total. The highest BCUT2D eigenvalue weighted by atomic mass is 35.5. The van der Waals surface area contributed by atoms with Crippen molar-refractivity contribution < 1.29 is 23.2 Å². The fourth-order valence-corrected chi connectivity index (χ4v) is 3.94. The Morgan fingerprint density at radius 2 is 1.90 bits per heavy atom. The fourth-order valence-electron chi connectivity index (χ4n) is 3.81. The zero-order valence-electron chi connectivity index (χ0n) is 21.1. The first-order chi connectivity index (χ1) is 19.3. The van der Waals surface area contributed by atoms with Crippen molar-refractivity contribution in [2.75, 3.05) is 5.32 Å². The molecule has 2 aromatic heterocycles. The maximum absolute atomic E-state index is 13.4. The van der Waals surface area contributed by atoms with Crippen LogP contribution in [0.4, 0.5) is 10.1 Å². The molecule has 0 fully saturated rings. The number of aromatic nitrogens is 3. The van der Waals surface area contributed by atoms with E-state index in [-0.39, 0.29) is 18.0 Å². The van der Waals surface area contributed by atoms with Crippen LogP contribution < -0.4 is 20.7 Å². The molecule has 1 aliphatic rings. The van der Waals surface area contributed by atoms with Crippen molar-refractivity contribution in [1.29, 1.82) is 0 Å². The summed E-state index contributed by atoms with van der Waals surface area (Å²) in [6.45, 7) is 1.99. The lowest BCUT2D eigenvalue weighted by molar-refractivity contribution is -0.125. The molecule has 1 atom stereocenters. The van der Waals surface area contributed by atoms with Gasteiger partial charge in [-0.3, -0.25) is 9.59 Å². The number of pyridine rings is 1. The number of nitrogens with zero attached hydrogens (tertiary/aromatic N) is 4. The predicted molar refractivity (Wildman–Crippen MR) is 142 cm³/mol. The maximum atomic E-state index is 13.4. The summed E-state index contributed by atoms with van der Waals surface area (Å²) in [5, 5.41) is 13.0. The van der Waals surface area contributed by atoms with Crippen molar-refractivity contribution in [2.24, 2.45) is 0 Å². The summed E-state index contributed by atoms with van der Waals surface area (Å²) in [7, 11) is 0. The van der Waals surface area contributed by atoms with Gasteiger partial charge in [-0.05, 0) is 48.0 Å². The number of benzene rings is 2. The molecule has 204 valence electrons. The summed E-state index contributed by atoms with van der Waals surface area (Å²) in [6, 6.07) is 18.3. The van der Waals surface area contributed by atoms with E-state index in [0.717, 1.165) is 5.56 Å². The predicted octanol–water partition coefficient (Wildman–Crippen LogP) is 3.89. The van der Waals surface area contributed by atoms with Crippen LogP contribution in [0.5, 0.6) is 11.6 Å². The van der Waals surface area contributed by atoms with E-state index in [1.54, 1.807) is 54.3 Å². The van der Waals surface area contributed by atoms with Crippen LogP contribution in [0.25, 0.3) is 0 Å². The summed E-state index contributed by atoms with van der Waals surface area (Å²) >= 11 is 6.04. The van der Waals surface area contributed by atoms with E-state index in [0.29, 0.717) is 34.7 Å². The van der Waals surface area contributed by atoms with E-state index in [9.17, 15) is 14.0 Å². The first-order valence-electron chi connectivity index (χ1n) is 12.1. The molecular formula is C27H23ClFN7O4. The number of anilines is 1. The van der Waals surface area contributed by atoms with E-state index >= 15 is 0 Å². The average Bonchev–Trinajstić information content (AvgIpc) is 3.36. The van der Waals surface area contributed by atoms with Crippen LogP contribution in [0, 0.1) is 12.9 Å². The highest BCUT2D eigenvalue weighted by Crippen LogP contribution is 2.23. The van der Waals surface area contributed by atoms with Crippen LogP contribution in [0.15, 0.2) is 83.0 Å². The van der Waals surface area contributed by atoms with Gasteiger partial charge in [-0.1, -0.05) is 35.0 Å². The minimum atomic E-state index is -0.698. The lowest BCUT2D eigenvalue weighted by Gasteiger charge is -2.36. The third-order valence-corrected chi connectivity index (χ3v) is 5.96. The van der Waals surface area contributed by atoms with Gasteiger partial charge in [0.25, 0.3) is 11.8 Å². The molecule has 4 aromatic rings.